The van der Waals surface area contributed by atoms with Gasteiger partial charge >= 0.3 is 5.97 Å². The summed E-state index contributed by atoms with van der Waals surface area (Å²) in [6, 6.07) is 0. The van der Waals surface area contributed by atoms with Crippen LogP contribution < -0.4 is 0 Å². The summed E-state index contributed by atoms with van der Waals surface area (Å²) >= 11 is 1.50. The van der Waals surface area contributed by atoms with E-state index in [4.69, 9.17) is 9.84 Å². The van der Waals surface area contributed by atoms with Crippen molar-refractivity contribution in [3.8, 4) is 0 Å². The molecule has 0 amide bonds. The number of carboxylic acids is 1. The lowest BCUT2D eigenvalue weighted by atomic mass is 9.97. The van der Waals surface area contributed by atoms with Crippen LogP contribution in [0, 0.1) is 6.92 Å². The van der Waals surface area contributed by atoms with Crippen molar-refractivity contribution >= 4 is 17.3 Å². The molecule has 15 heavy (non-hydrogen) atoms. The van der Waals surface area contributed by atoms with Gasteiger partial charge in [-0.05, 0) is 19.8 Å². The Balaban J connectivity index is 2.28. The minimum Gasteiger partial charge on any atom is -0.476 e. The van der Waals surface area contributed by atoms with Gasteiger partial charge in [0.25, 0.3) is 0 Å². The maximum atomic E-state index is 11.0. The molecule has 1 fully saturated rings. The first kappa shape index (κ1) is 10.6. The molecule has 0 aromatic carbocycles. The highest BCUT2D eigenvalue weighted by molar-refractivity contribution is 7.12. The fraction of sp³-hybridized carbons (Fsp3) is 0.600. The van der Waals surface area contributed by atoms with Gasteiger partial charge in [-0.15, -0.1) is 11.3 Å². The van der Waals surface area contributed by atoms with E-state index >= 15 is 0 Å². The normalized spacial score (nSPS) is 17.9. The second kappa shape index (κ2) is 4.28. The molecular weight excluding hydrogens is 214 g/mol. The molecule has 0 aliphatic carbocycles. The first-order valence-electron chi connectivity index (χ1n) is 4.97. The Kier molecular flexibility index (Phi) is 3.02. The van der Waals surface area contributed by atoms with E-state index in [-0.39, 0.29) is 5.69 Å². The number of nitrogens with zero attached hydrogens (tertiary/aromatic N) is 1. The van der Waals surface area contributed by atoms with E-state index in [1.165, 1.54) is 11.3 Å². The van der Waals surface area contributed by atoms with Crippen LogP contribution in [0.2, 0.25) is 0 Å². The van der Waals surface area contributed by atoms with Crippen LogP contribution in [0.4, 0.5) is 0 Å². The summed E-state index contributed by atoms with van der Waals surface area (Å²) < 4.78 is 5.27. The van der Waals surface area contributed by atoms with E-state index in [1.807, 2.05) is 6.92 Å². The monoisotopic (exact) mass is 227 g/mol. The highest BCUT2D eigenvalue weighted by Crippen LogP contribution is 2.33. The Morgan fingerprint density at radius 3 is 2.80 bits per heavy atom. The van der Waals surface area contributed by atoms with E-state index in [9.17, 15) is 4.79 Å². The molecule has 82 valence electrons. The van der Waals surface area contributed by atoms with Crippen LogP contribution in [0.5, 0.6) is 0 Å². The minimum absolute atomic E-state index is 0.240. The number of aryl methyl sites for hydroxylation is 1. The maximum Gasteiger partial charge on any atom is 0.355 e. The lowest BCUT2D eigenvalue weighted by Crippen LogP contribution is -2.15. The Hall–Kier alpha value is -0.940. The molecule has 0 radical (unpaired) electrons. The zero-order valence-corrected chi connectivity index (χ0v) is 9.34. The number of hydrogen-bond acceptors (Lipinski definition) is 4. The summed E-state index contributed by atoms with van der Waals surface area (Å²) in [5.41, 5.74) is 0.240. The van der Waals surface area contributed by atoms with Gasteiger partial charge in [-0.25, -0.2) is 9.78 Å². The summed E-state index contributed by atoms with van der Waals surface area (Å²) in [5, 5.41) is 9.85. The zero-order valence-electron chi connectivity index (χ0n) is 8.52. The molecule has 1 aliphatic heterocycles. The maximum absolute atomic E-state index is 11.0. The molecule has 1 aromatic heterocycles. The van der Waals surface area contributed by atoms with Gasteiger partial charge in [0.15, 0.2) is 5.69 Å². The van der Waals surface area contributed by atoms with Crippen molar-refractivity contribution in [3.05, 3.63) is 15.6 Å². The standard InChI is InChI=1S/C10H13NO3S/c1-6-11-8(10(12)13)9(15-6)7-2-4-14-5-3-7/h7H,2-5H2,1H3,(H,12,13). The smallest absolute Gasteiger partial charge is 0.355 e. The van der Waals surface area contributed by atoms with Gasteiger partial charge < -0.3 is 9.84 Å². The van der Waals surface area contributed by atoms with E-state index in [1.54, 1.807) is 0 Å². The summed E-state index contributed by atoms with van der Waals surface area (Å²) in [6.07, 6.45) is 1.81. The van der Waals surface area contributed by atoms with E-state index < -0.39 is 5.97 Å². The molecule has 0 bridgehead atoms. The third-order valence-corrected chi connectivity index (χ3v) is 3.69. The van der Waals surface area contributed by atoms with Crippen LogP contribution in [-0.2, 0) is 4.74 Å². The fourth-order valence-corrected chi connectivity index (χ4v) is 2.92. The van der Waals surface area contributed by atoms with Gasteiger partial charge in [-0.1, -0.05) is 0 Å². The SMILES string of the molecule is Cc1nc(C(=O)O)c(C2CCOCC2)s1. The number of thiazole rings is 1. The molecule has 4 nitrogen and oxygen atoms in total. The predicted molar refractivity (Wildman–Crippen MR) is 56.6 cm³/mol. The van der Waals surface area contributed by atoms with Gasteiger partial charge in [0.05, 0.1) is 5.01 Å². The molecule has 1 aliphatic rings. The first-order valence-corrected chi connectivity index (χ1v) is 5.78. The lowest BCUT2D eigenvalue weighted by Gasteiger charge is -2.20. The van der Waals surface area contributed by atoms with Crippen LogP contribution >= 0.6 is 11.3 Å². The Labute approximate surface area is 91.9 Å². The van der Waals surface area contributed by atoms with Crippen LogP contribution in [-0.4, -0.2) is 29.3 Å². The minimum atomic E-state index is -0.916. The third-order valence-electron chi connectivity index (χ3n) is 2.55. The molecule has 2 rings (SSSR count). The molecule has 5 heteroatoms. The number of carboxylic acid groups (broad SMARTS) is 1. The molecular formula is C10H13NO3S. The van der Waals surface area contributed by atoms with Gasteiger partial charge in [0.2, 0.25) is 0 Å². The van der Waals surface area contributed by atoms with Gasteiger partial charge in [-0.3, -0.25) is 0 Å². The van der Waals surface area contributed by atoms with Gasteiger partial charge in [-0.2, -0.15) is 0 Å². The molecule has 0 saturated carbocycles. The largest absolute Gasteiger partial charge is 0.476 e. The summed E-state index contributed by atoms with van der Waals surface area (Å²) in [7, 11) is 0. The number of hydrogen-bond donors (Lipinski definition) is 1. The second-order valence-corrected chi connectivity index (χ2v) is 4.87. The lowest BCUT2D eigenvalue weighted by molar-refractivity contribution is 0.0680. The first-order chi connectivity index (χ1) is 7.18. The molecule has 1 saturated heterocycles. The van der Waals surface area contributed by atoms with Crippen molar-refractivity contribution in [1.82, 2.24) is 4.98 Å². The van der Waals surface area contributed by atoms with Gasteiger partial charge in [0.1, 0.15) is 0 Å². The summed E-state index contributed by atoms with van der Waals surface area (Å²) in [5.74, 6) is -0.600. The summed E-state index contributed by atoms with van der Waals surface area (Å²) in [4.78, 5) is 16.0. The quantitative estimate of drug-likeness (QED) is 0.840. The average molecular weight is 227 g/mol. The molecule has 0 spiro atoms. The zero-order chi connectivity index (χ0) is 10.8. The molecule has 2 heterocycles. The number of aromatic nitrogens is 1. The van der Waals surface area contributed by atoms with Gasteiger partial charge in [0, 0.05) is 24.0 Å². The molecule has 1 aromatic rings. The van der Waals surface area contributed by atoms with Crippen molar-refractivity contribution in [2.45, 2.75) is 25.7 Å². The van der Waals surface area contributed by atoms with Crippen molar-refractivity contribution < 1.29 is 14.6 Å². The van der Waals surface area contributed by atoms with E-state index in [0.29, 0.717) is 5.92 Å². The van der Waals surface area contributed by atoms with Crippen molar-refractivity contribution in [2.24, 2.45) is 0 Å². The molecule has 1 N–H and O–H groups in total. The van der Waals surface area contributed by atoms with Crippen molar-refractivity contribution in [3.63, 3.8) is 0 Å². The van der Waals surface area contributed by atoms with Crippen LogP contribution in [0.1, 0.15) is 39.1 Å². The third kappa shape index (κ3) is 2.18. The van der Waals surface area contributed by atoms with Crippen LogP contribution in [0.15, 0.2) is 0 Å². The van der Waals surface area contributed by atoms with Crippen LogP contribution in [0.25, 0.3) is 0 Å². The number of ether oxygens (including phenoxy) is 1. The number of rotatable bonds is 2. The highest BCUT2D eigenvalue weighted by atomic mass is 32.1. The van der Waals surface area contributed by atoms with E-state index in [0.717, 1.165) is 35.9 Å². The Morgan fingerprint density at radius 2 is 2.20 bits per heavy atom. The number of aromatic carboxylic acids is 1. The predicted octanol–water partition coefficient (Wildman–Crippen LogP) is 2.04. The molecule has 0 atom stereocenters. The summed E-state index contributed by atoms with van der Waals surface area (Å²) in [6.45, 7) is 3.29. The Morgan fingerprint density at radius 1 is 1.53 bits per heavy atom. The topological polar surface area (TPSA) is 59.4 Å². The van der Waals surface area contributed by atoms with Crippen LogP contribution in [0.3, 0.4) is 0 Å². The molecule has 0 unspecified atom stereocenters. The number of carbonyl (C=O) groups is 1. The fourth-order valence-electron chi connectivity index (χ4n) is 1.83. The second-order valence-electron chi connectivity index (χ2n) is 3.64. The van der Waals surface area contributed by atoms with Crippen molar-refractivity contribution in [2.75, 3.05) is 13.2 Å². The Bertz CT molecular complexity index is 369. The highest BCUT2D eigenvalue weighted by Gasteiger charge is 2.25. The average Bonchev–Trinajstić information content (AvgIpc) is 2.62. The van der Waals surface area contributed by atoms with Crippen molar-refractivity contribution in [1.29, 1.82) is 0 Å². The van der Waals surface area contributed by atoms with E-state index in [2.05, 4.69) is 4.98 Å².